The van der Waals surface area contributed by atoms with Gasteiger partial charge in [-0.05, 0) is 66.4 Å². The molecule has 3 aromatic carbocycles. The summed E-state index contributed by atoms with van der Waals surface area (Å²) in [5.74, 6) is -0.882. The van der Waals surface area contributed by atoms with E-state index in [0.717, 1.165) is 16.4 Å². The summed E-state index contributed by atoms with van der Waals surface area (Å²) in [6.07, 6.45) is 0.280. The molecular formula is C31H37ClFN3O6S. The number of sulfonamides is 1. The van der Waals surface area contributed by atoms with Gasteiger partial charge in [0.2, 0.25) is 11.8 Å². The Morgan fingerprint density at radius 2 is 1.58 bits per heavy atom. The summed E-state index contributed by atoms with van der Waals surface area (Å²) in [6, 6.07) is 14.8. The SMILES string of the molecule is CCC(C(=O)NCC(C)C)N(Cc1ccc(Cl)cc1)C(=O)CN(c1ccc(F)cc1)S(=O)(=O)c1ccc(OC)c(OC)c1. The standard InChI is InChI=1S/C31H37ClFN3O6S/c1-6-27(31(38)34-18-21(2)3)35(19-22-7-9-23(32)10-8-22)30(37)20-36(25-13-11-24(33)12-14-25)43(39,40)26-15-16-28(41-4)29(17-26)42-5/h7-17,21,27H,6,18-20H2,1-5H3,(H,34,38). The average molecular weight is 634 g/mol. The minimum Gasteiger partial charge on any atom is -0.493 e. The predicted octanol–water partition coefficient (Wildman–Crippen LogP) is 5.27. The zero-order valence-electron chi connectivity index (χ0n) is 24.8. The van der Waals surface area contributed by atoms with Crippen molar-refractivity contribution in [1.82, 2.24) is 10.2 Å². The quantitative estimate of drug-likeness (QED) is 0.259. The summed E-state index contributed by atoms with van der Waals surface area (Å²) in [5.41, 5.74) is 0.761. The predicted molar refractivity (Wildman–Crippen MR) is 164 cm³/mol. The molecule has 3 aromatic rings. The molecule has 0 aliphatic rings. The van der Waals surface area contributed by atoms with E-state index in [-0.39, 0.29) is 41.1 Å². The molecule has 232 valence electrons. The van der Waals surface area contributed by atoms with Crippen LogP contribution in [0, 0.1) is 11.7 Å². The van der Waals surface area contributed by atoms with Crippen LogP contribution in [-0.4, -0.2) is 58.5 Å². The summed E-state index contributed by atoms with van der Waals surface area (Å²) in [4.78, 5) is 28.6. The van der Waals surface area contributed by atoms with Gasteiger partial charge in [-0.25, -0.2) is 12.8 Å². The van der Waals surface area contributed by atoms with Crippen LogP contribution in [0.5, 0.6) is 11.5 Å². The normalized spacial score (nSPS) is 12.0. The van der Waals surface area contributed by atoms with E-state index in [9.17, 15) is 22.4 Å². The van der Waals surface area contributed by atoms with E-state index in [0.29, 0.717) is 22.9 Å². The third-order valence-corrected chi connectivity index (χ3v) is 8.69. The first kappa shape index (κ1) is 33.7. The van der Waals surface area contributed by atoms with Crippen molar-refractivity contribution in [2.75, 3.05) is 31.6 Å². The van der Waals surface area contributed by atoms with Crippen molar-refractivity contribution in [1.29, 1.82) is 0 Å². The van der Waals surface area contributed by atoms with E-state index >= 15 is 0 Å². The molecule has 3 rings (SSSR count). The van der Waals surface area contributed by atoms with Crippen LogP contribution in [0.2, 0.25) is 5.02 Å². The maximum absolute atomic E-state index is 14.1. The first-order valence-electron chi connectivity index (χ1n) is 13.7. The van der Waals surface area contributed by atoms with E-state index in [4.69, 9.17) is 21.1 Å². The Labute approximate surface area is 257 Å². The largest absolute Gasteiger partial charge is 0.493 e. The number of hydrogen-bond donors (Lipinski definition) is 1. The summed E-state index contributed by atoms with van der Waals surface area (Å²) in [7, 11) is -1.60. The number of carbonyl (C=O) groups excluding carboxylic acids is 2. The Hall–Kier alpha value is -3.83. The summed E-state index contributed by atoms with van der Waals surface area (Å²) in [6.45, 7) is 5.46. The number of ether oxygens (including phenoxy) is 2. The maximum Gasteiger partial charge on any atom is 0.264 e. The van der Waals surface area contributed by atoms with Gasteiger partial charge in [0, 0.05) is 24.2 Å². The first-order chi connectivity index (χ1) is 20.4. The lowest BCUT2D eigenvalue weighted by atomic mass is 10.1. The van der Waals surface area contributed by atoms with Gasteiger partial charge in [-0.15, -0.1) is 0 Å². The second-order valence-corrected chi connectivity index (χ2v) is 12.5. The fourth-order valence-electron chi connectivity index (χ4n) is 4.37. The maximum atomic E-state index is 14.1. The van der Waals surface area contributed by atoms with Crippen molar-refractivity contribution in [2.24, 2.45) is 5.92 Å². The smallest absolute Gasteiger partial charge is 0.264 e. The number of hydrogen-bond acceptors (Lipinski definition) is 6. The zero-order valence-corrected chi connectivity index (χ0v) is 26.4. The number of nitrogens with one attached hydrogen (secondary N) is 1. The number of nitrogens with zero attached hydrogens (tertiary/aromatic N) is 2. The van der Waals surface area contributed by atoms with Crippen molar-refractivity contribution in [2.45, 2.75) is 44.7 Å². The minimum absolute atomic E-state index is 0.0251. The molecular weight excluding hydrogens is 597 g/mol. The number of halogens is 2. The molecule has 0 saturated heterocycles. The Kier molecular flexibility index (Phi) is 11.8. The van der Waals surface area contributed by atoms with Gasteiger partial charge in [-0.2, -0.15) is 0 Å². The molecule has 0 spiro atoms. The molecule has 9 nitrogen and oxygen atoms in total. The fraction of sp³-hybridized carbons (Fsp3) is 0.355. The lowest BCUT2D eigenvalue weighted by molar-refractivity contribution is -0.140. The third kappa shape index (κ3) is 8.61. The van der Waals surface area contributed by atoms with E-state index in [1.165, 1.54) is 49.5 Å². The van der Waals surface area contributed by atoms with Crippen LogP contribution in [0.15, 0.2) is 71.6 Å². The summed E-state index contributed by atoms with van der Waals surface area (Å²) < 4.78 is 53.4. The number of methoxy groups -OCH3 is 2. The third-order valence-electron chi connectivity index (χ3n) is 6.67. The highest BCUT2D eigenvalue weighted by Gasteiger charge is 2.34. The van der Waals surface area contributed by atoms with Gasteiger partial charge in [-0.3, -0.25) is 13.9 Å². The van der Waals surface area contributed by atoms with Crippen molar-refractivity contribution in [3.8, 4) is 11.5 Å². The Balaban J connectivity index is 2.08. The van der Waals surface area contributed by atoms with E-state index in [1.54, 1.807) is 31.2 Å². The molecule has 12 heteroatoms. The molecule has 0 saturated carbocycles. The van der Waals surface area contributed by atoms with Crippen molar-refractivity contribution in [3.05, 3.63) is 83.1 Å². The number of benzene rings is 3. The molecule has 0 heterocycles. The lowest BCUT2D eigenvalue weighted by Gasteiger charge is -2.33. The van der Waals surface area contributed by atoms with E-state index in [2.05, 4.69) is 5.32 Å². The van der Waals surface area contributed by atoms with Crippen LogP contribution in [0.25, 0.3) is 0 Å². The summed E-state index contributed by atoms with van der Waals surface area (Å²) in [5, 5.41) is 3.39. The van der Waals surface area contributed by atoms with Crippen molar-refractivity contribution in [3.63, 3.8) is 0 Å². The van der Waals surface area contributed by atoms with Crippen LogP contribution in [0.1, 0.15) is 32.8 Å². The topological polar surface area (TPSA) is 105 Å². The van der Waals surface area contributed by atoms with Crippen LogP contribution >= 0.6 is 11.6 Å². The number of rotatable bonds is 14. The molecule has 1 unspecified atom stereocenters. The Morgan fingerprint density at radius 3 is 2.14 bits per heavy atom. The number of amides is 2. The average Bonchev–Trinajstić information content (AvgIpc) is 2.99. The second-order valence-electron chi connectivity index (χ2n) is 10.2. The van der Waals surface area contributed by atoms with Crippen LogP contribution in [0.3, 0.4) is 0 Å². The van der Waals surface area contributed by atoms with Gasteiger partial charge in [0.05, 0.1) is 24.8 Å². The molecule has 0 fully saturated rings. The van der Waals surface area contributed by atoms with Crippen LogP contribution < -0.4 is 19.1 Å². The van der Waals surface area contributed by atoms with Gasteiger partial charge in [-0.1, -0.05) is 44.5 Å². The second kappa shape index (κ2) is 15.1. The van der Waals surface area contributed by atoms with E-state index in [1.807, 2.05) is 13.8 Å². The monoisotopic (exact) mass is 633 g/mol. The van der Waals surface area contributed by atoms with Gasteiger partial charge in [0.1, 0.15) is 18.4 Å². The van der Waals surface area contributed by atoms with Gasteiger partial charge < -0.3 is 19.7 Å². The molecule has 1 N–H and O–H groups in total. The number of anilines is 1. The molecule has 0 aromatic heterocycles. The molecule has 1 atom stereocenters. The highest BCUT2D eigenvalue weighted by atomic mass is 35.5. The molecule has 0 bridgehead atoms. The molecule has 2 amide bonds. The Bertz CT molecular complexity index is 1500. The van der Waals surface area contributed by atoms with Crippen LogP contribution in [0.4, 0.5) is 10.1 Å². The van der Waals surface area contributed by atoms with Crippen molar-refractivity contribution < 1.29 is 31.9 Å². The zero-order chi connectivity index (χ0) is 31.7. The summed E-state index contributed by atoms with van der Waals surface area (Å²) >= 11 is 6.06. The molecule has 0 radical (unpaired) electrons. The minimum atomic E-state index is -4.40. The van der Waals surface area contributed by atoms with Gasteiger partial charge in [0.25, 0.3) is 10.0 Å². The fourth-order valence-corrected chi connectivity index (χ4v) is 5.92. The first-order valence-corrected chi connectivity index (χ1v) is 15.5. The lowest BCUT2D eigenvalue weighted by Crippen LogP contribution is -2.52. The number of carbonyl (C=O) groups is 2. The molecule has 0 aliphatic heterocycles. The van der Waals surface area contributed by atoms with E-state index < -0.39 is 34.3 Å². The highest BCUT2D eigenvalue weighted by molar-refractivity contribution is 7.92. The Morgan fingerprint density at radius 1 is 0.953 bits per heavy atom. The van der Waals surface area contributed by atoms with Crippen LogP contribution in [-0.2, 0) is 26.2 Å². The van der Waals surface area contributed by atoms with Crippen molar-refractivity contribution >= 4 is 39.1 Å². The highest BCUT2D eigenvalue weighted by Crippen LogP contribution is 2.32. The van der Waals surface area contributed by atoms with Gasteiger partial charge >= 0.3 is 0 Å². The molecule has 0 aliphatic carbocycles. The van der Waals surface area contributed by atoms with Gasteiger partial charge in [0.15, 0.2) is 11.5 Å². The molecule has 43 heavy (non-hydrogen) atoms.